The molecule has 1 aromatic heterocycles. The van der Waals surface area contributed by atoms with Crippen LogP contribution in [0.25, 0.3) is 0 Å². The lowest BCUT2D eigenvalue weighted by atomic mass is 9.97. The largest absolute Gasteiger partial charge is 0.493 e. The van der Waals surface area contributed by atoms with Crippen LogP contribution < -0.4 is 15.4 Å². The van der Waals surface area contributed by atoms with Gasteiger partial charge in [-0.1, -0.05) is 19.9 Å². The summed E-state index contributed by atoms with van der Waals surface area (Å²) in [5, 5.41) is 6.18. The number of amides is 1. The van der Waals surface area contributed by atoms with Crippen LogP contribution in [0, 0.1) is 19.8 Å². The number of nitrogens with one attached hydrogen (secondary N) is 2. The molecule has 0 saturated carbocycles. The molecule has 2 N–H and O–H groups in total. The van der Waals surface area contributed by atoms with Crippen LogP contribution in [0.3, 0.4) is 0 Å². The molecule has 0 fully saturated rings. The van der Waals surface area contributed by atoms with Crippen molar-refractivity contribution in [2.75, 3.05) is 40.8 Å². The number of aromatic nitrogens is 1. The standard InChI is InChI=1S/C17H30N2O.C12H18N2O/c1-13-14(2)17(10-9-16(13)15(3)18-4)20-12-8-7-11-19(5)6;1-10(2)4-3-7-14-12(15)11-5-8-13-9-6-11/h9-10,15,18H,7-8,11-12H2,1-6H3;5-6,8-10H,3-4,7H2,1-2H3,(H,14,15). The van der Waals surface area contributed by atoms with Crippen molar-refractivity contribution in [1.82, 2.24) is 20.5 Å². The van der Waals surface area contributed by atoms with Crippen molar-refractivity contribution in [2.45, 2.75) is 66.3 Å². The lowest BCUT2D eigenvalue weighted by Gasteiger charge is -2.18. The molecule has 1 heterocycles. The first-order valence-corrected chi connectivity index (χ1v) is 12.9. The fourth-order valence-corrected chi connectivity index (χ4v) is 3.63. The van der Waals surface area contributed by atoms with Crippen LogP contribution in [0.2, 0.25) is 0 Å². The highest BCUT2D eigenvalue weighted by molar-refractivity contribution is 5.93. The summed E-state index contributed by atoms with van der Waals surface area (Å²) in [5.41, 5.74) is 4.62. The smallest absolute Gasteiger partial charge is 0.251 e. The third-order valence-corrected chi connectivity index (χ3v) is 6.12. The molecule has 1 atom stereocenters. The van der Waals surface area contributed by atoms with Crippen LogP contribution in [-0.2, 0) is 0 Å². The lowest BCUT2D eigenvalue weighted by Crippen LogP contribution is -2.24. The summed E-state index contributed by atoms with van der Waals surface area (Å²) < 4.78 is 5.93. The lowest BCUT2D eigenvalue weighted by molar-refractivity contribution is 0.0952. The van der Waals surface area contributed by atoms with E-state index in [-0.39, 0.29) is 5.91 Å². The fraction of sp³-hybridized carbons (Fsp3) is 0.586. The Morgan fingerprint density at radius 1 is 1.00 bits per heavy atom. The van der Waals surface area contributed by atoms with Gasteiger partial charge >= 0.3 is 0 Å². The van der Waals surface area contributed by atoms with Crippen molar-refractivity contribution in [2.24, 2.45) is 5.92 Å². The third kappa shape index (κ3) is 12.2. The van der Waals surface area contributed by atoms with Crippen molar-refractivity contribution in [3.05, 3.63) is 58.9 Å². The van der Waals surface area contributed by atoms with E-state index in [4.69, 9.17) is 4.74 Å². The molecule has 2 rings (SSSR count). The van der Waals surface area contributed by atoms with Gasteiger partial charge in [0.15, 0.2) is 0 Å². The van der Waals surface area contributed by atoms with E-state index >= 15 is 0 Å². The third-order valence-electron chi connectivity index (χ3n) is 6.12. The molecule has 0 aliphatic rings. The second-order valence-electron chi connectivity index (χ2n) is 9.80. The molecule has 0 aliphatic carbocycles. The Bertz CT molecular complexity index is 853. The predicted octanol–water partition coefficient (Wildman–Crippen LogP) is 5.55. The van der Waals surface area contributed by atoms with Crippen molar-refractivity contribution in [3.8, 4) is 5.75 Å². The van der Waals surface area contributed by atoms with Gasteiger partial charge in [0.25, 0.3) is 5.91 Å². The summed E-state index contributed by atoms with van der Waals surface area (Å²) in [6.07, 6.45) is 7.72. The van der Waals surface area contributed by atoms with E-state index in [0.717, 1.165) is 44.7 Å². The molecule has 6 nitrogen and oxygen atoms in total. The molecule has 35 heavy (non-hydrogen) atoms. The molecular weight excluding hydrogens is 436 g/mol. The number of carbonyl (C=O) groups excluding carboxylic acids is 1. The first-order valence-electron chi connectivity index (χ1n) is 12.9. The van der Waals surface area contributed by atoms with E-state index in [9.17, 15) is 4.79 Å². The van der Waals surface area contributed by atoms with Crippen LogP contribution in [0.15, 0.2) is 36.7 Å². The van der Waals surface area contributed by atoms with Gasteiger partial charge in [-0.2, -0.15) is 0 Å². The minimum absolute atomic E-state index is 0.0128. The van der Waals surface area contributed by atoms with Gasteiger partial charge in [-0.05, 0) is 115 Å². The van der Waals surface area contributed by atoms with Gasteiger partial charge in [0, 0.05) is 30.5 Å². The van der Waals surface area contributed by atoms with Gasteiger partial charge in [-0.25, -0.2) is 0 Å². The highest BCUT2D eigenvalue weighted by Gasteiger charge is 2.11. The van der Waals surface area contributed by atoms with E-state index in [0.29, 0.717) is 17.5 Å². The number of hydrogen-bond donors (Lipinski definition) is 2. The van der Waals surface area contributed by atoms with Crippen molar-refractivity contribution >= 4 is 5.91 Å². The zero-order valence-corrected chi connectivity index (χ0v) is 23.3. The van der Waals surface area contributed by atoms with Gasteiger partial charge in [-0.3, -0.25) is 9.78 Å². The Labute approximate surface area is 213 Å². The van der Waals surface area contributed by atoms with Crippen LogP contribution in [-0.4, -0.2) is 56.6 Å². The number of benzene rings is 1. The van der Waals surface area contributed by atoms with Crippen molar-refractivity contribution < 1.29 is 9.53 Å². The van der Waals surface area contributed by atoms with Gasteiger partial charge in [0.2, 0.25) is 0 Å². The molecular formula is C29H48N4O2. The summed E-state index contributed by atoms with van der Waals surface area (Å²) in [5.74, 6) is 1.71. The van der Waals surface area contributed by atoms with Crippen molar-refractivity contribution in [1.29, 1.82) is 0 Å². The Kier molecular flexibility index (Phi) is 14.9. The summed E-state index contributed by atoms with van der Waals surface area (Å²) in [6.45, 7) is 13.6. The molecule has 0 radical (unpaired) electrons. The molecule has 2 aromatic rings. The number of nitrogens with zero attached hydrogens (tertiary/aromatic N) is 2. The molecule has 6 heteroatoms. The van der Waals surface area contributed by atoms with E-state index < -0.39 is 0 Å². The zero-order valence-electron chi connectivity index (χ0n) is 23.3. The second-order valence-corrected chi connectivity index (χ2v) is 9.80. The molecule has 0 aliphatic heterocycles. The quantitative estimate of drug-likeness (QED) is 0.365. The van der Waals surface area contributed by atoms with Crippen LogP contribution in [0.1, 0.15) is 79.5 Å². The highest BCUT2D eigenvalue weighted by Crippen LogP contribution is 2.27. The monoisotopic (exact) mass is 484 g/mol. The van der Waals surface area contributed by atoms with E-state index in [2.05, 4.69) is 81.4 Å². The maximum Gasteiger partial charge on any atom is 0.251 e. The fourth-order valence-electron chi connectivity index (χ4n) is 3.63. The second kappa shape index (κ2) is 17.1. The average molecular weight is 485 g/mol. The number of ether oxygens (including phenoxy) is 1. The van der Waals surface area contributed by atoms with Crippen LogP contribution in [0.4, 0.5) is 0 Å². The van der Waals surface area contributed by atoms with Gasteiger partial charge in [0.1, 0.15) is 5.75 Å². The Balaban J connectivity index is 0.000000365. The molecule has 0 spiro atoms. The Morgan fingerprint density at radius 3 is 2.29 bits per heavy atom. The normalized spacial score (nSPS) is 11.7. The summed E-state index contributed by atoms with van der Waals surface area (Å²) in [4.78, 5) is 17.6. The van der Waals surface area contributed by atoms with E-state index in [1.807, 2.05) is 7.05 Å². The number of carbonyl (C=O) groups is 1. The first kappa shape index (κ1) is 30.6. The number of unbranched alkanes of at least 4 members (excludes halogenated alkanes) is 1. The maximum absolute atomic E-state index is 11.6. The molecule has 0 saturated heterocycles. The van der Waals surface area contributed by atoms with Crippen LogP contribution >= 0.6 is 0 Å². The van der Waals surface area contributed by atoms with Gasteiger partial charge < -0.3 is 20.3 Å². The predicted molar refractivity (Wildman–Crippen MR) is 147 cm³/mol. The van der Waals surface area contributed by atoms with E-state index in [1.165, 1.54) is 23.1 Å². The SMILES string of the molecule is CC(C)CCCNC(=O)c1ccncc1.CNC(C)c1ccc(OCCCCN(C)C)c(C)c1C. The number of rotatable bonds is 13. The van der Waals surface area contributed by atoms with Gasteiger partial charge in [-0.15, -0.1) is 0 Å². The van der Waals surface area contributed by atoms with E-state index in [1.54, 1.807) is 24.5 Å². The Hall–Kier alpha value is -2.44. The molecule has 1 unspecified atom stereocenters. The topological polar surface area (TPSA) is 66.5 Å². The maximum atomic E-state index is 11.6. The molecule has 196 valence electrons. The zero-order chi connectivity index (χ0) is 26.2. The Morgan fingerprint density at radius 2 is 1.69 bits per heavy atom. The molecule has 1 aromatic carbocycles. The minimum Gasteiger partial charge on any atom is -0.493 e. The van der Waals surface area contributed by atoms with Crippen molar-refractivity contribution in [3.63, 3.8) is 0 Å². The number of pyridine rings is 1. The molecule has 0 bridgehead atoms. The number of hydrogen-bond acceptors (Lipinski definition) is 5. The first-order chi connectivity index (χ1) is 16.7. The van der Waals surface area contributed by atoms with Gasteiger partial charge in [0.05, 0.1) is 6.61 Å². The highest BCUT2D eigenvalue weighted by atomic mass is 16.5. The van der Waals surface area contributed by atoms with Crippen LogP contribution in [0.5, 0.6) is 5.75 Å². The summed E-state index contributed by atoms with van der Waals surface area (Å²) in [6, 6.07) is 8.11. The summed E-state index contributed by atoms with van der Waals surface area (Å²) in [7, 11) is 6.21. The molecule has 1 amide bonds. The average Bonchev–Trinajstić information content (AvgIpc) is 2.84. The summed E-state index contributed by atoms with van der Waals surface area (Å²) >= 11 is 0. The minimum atomic E-state index is -0.0128.